The molecule has 0 aromatic heterocycles. The Balaban J connectivity index is 2.16. The van der Waals surface area contributed by atoms with E-state index in [9.17, 15) is 0 Å². The van der Waals surface area contributed by atoms with Crippen molar-refractivity contribution in [3.63, 3.8) is 0 Å². The van der Waals surface area contributed by atoms with Crippen molar-refractivity contribution in [3.05, 3.63) is 69.7 Å². The third-order valence-corrected chi connectivity index (χ3v) is 4.16. The van der Waals surface area contributed by atoms with E-state index < -0.39 is 0 Å². The van der Waals surface area contributed by atoms with Crippen molar-refractivity contribution in [2.45, 2.75) is 25.1 Å². The van der Waals surface area contributed by atoms with Crippen molar-refractivity contribution in [3.8, 4) is 0 Å². The molecule has 0 amide bonds. The molecular weight excluding hydrogens is 308 g/mol. The lowest BCUT2D eigenvalue weighted by Gasteiger charge is -2.14. The van der Waals surface area contributed by atoms with Gasteiger partial charge in [0.05, 0.1) is 0 Å². The van der Waals surface area contributed by atoms with Gasteiger partial charge in [-0.1, -0.05) is 63.4 Å². The highest BCUT2D eigenvalue weighted by Gasteiger charge is 2.11. The molecule has 0 aliphatic heterocycles. The maximum Gasteiger partial charge on any atom is 0.0438 e. The van der Waals surface area contributed by atoms with Gasteiger partial charge in [0.25, 0.3) is 0 Å². The van der Waals surface area contributed by atoms with Gasteiger partial charge in [-0.25, -0.2) is 0 Å². The normalized spacial score (nSPS) is 12.4. The third kappa shape index (κ3) is 3.37. The minimum Gasteiger partial charge on any atom is -0.0843 e. The summed E-state index contributed by atoms with van der Waals surface area (Å²) in [5.74, 6) is 0. The molecule has 0 spiro atoms. The Hall–Kier alpha value is -0.790. The van der Waals surface area contributed by atoms with Crippen molar-refractivity contribution in [2.24, 2.45) is 0 Å². The smallest absolute Gasteiger partial charge is 0.0438 e. The molecule has 2 rings (SSSR count). The number of benzene rings is 2. The van der Waals surface area contributed by atoms with Gasteiger partial charge in [0.15, 0.2) is 0 Å². The second-order valence-electron chi connectivity index (χ2n) is 4.66. The summed E-state index contributed by atoms with van der Waals surface area (Å²) in [5, 5.41) is 0.788. The predicted octanol–water partition coefficient (Wildman–Crippen LogP) is 5.64. The lowest BCUT2D eigenvalue weighted by atomic mass is 9.99. The molecule has 0 bridgehead atoms. The monoisotopic (exact) mass is 322 g/mol. The molecule has 0 heterocycles. The van der Waals surface area contributed by atoms with Gasteiger partial charge in [0.1, 0.15) is 0 Å². The van der Waals surface area contributed by atoms with Crippen molar-refractivity contribution in [2.75, 3.05) is 0 Å². The maximum absolute atomic E-state index is 5.90. The number of halogens is 2. The molecule has 0 N–H and O–H groups in total. The second kappa shape index (κ2) is 5.90. The Kier molecular flexibility index (Phi) is 4.47. The fourth-order valence-electron chi connectivity index (χ4n) is 2.11. The van der Waals surface area contributed by atoms with E-state index in [1.807, 2.05) is 12.1 Å². The summed E-state index contributed by atoms with van der Waals surface area (Å²) in [6.07, 6.45) is 0.973. The molecule has 0 nitrogen and oxygen atoms in total. The van der Waals surface area contributed by atoms with Crippen LogP contribution >= 0.6 is 27.5 Å². The Morgan fingerprint density at radius 3 is 2.33 bits per heavy atom. The van der Waals surface area contributed by atoms with Crippen LogP contribution in [0, 0.1) is 13.8 Å². The van der Waals surface area contributed by atoms with Gasteiger partial charge in [-0.15, -0.1) is 0 Å². The van der Waals surface area contributed by atoms with Gasteiger partial charge in [0, 0.05) is 9.85 Å². The van der Waals surface area contributed by atoms with Crippen LogP contribution < -0.4 is 0 Å². The molecule has 0 fully saturated rings. The lowest BCUT2D eigenvalue weighted by molar-refractivity contribution is 0.937. The molecule has 1 unspecified atom stereocenters. The highest BCUT2D eigenvalue weighted by molar-refractivity contribution is 9.09. The van der Waals surface area contributed by atoms with Gasteiger partial charge in [-0.3, -0.25) is 0 Å². The van der Waals surface area contributed by atoms with Crippen LogP contribution in [-0.2, 0) is 6.42 Å². The van der Waals surface area contributed by atoms with Crippen LogP contribution in [-0.4, -0.2) is 0 Å². The topological polar surface area (TPSA) is 0 Å². The summed E-state index contributed by atoms with van der Waals surface area (Å²) >= 11 is 9.68. The number of hydrogen-bond donors (Lipinski definition) is 0. The standard InChI is InChI=1S/C16H16BrCl/c1-11-3-8-15(12(2)9-11)16(17)10-13-4-6-14(18)7-5-13/h3-9,16H,10H2,1-2H3. The van der Waals surface area contributed by atoms with Crippen LogP contribution in [0.25, 0.3) is 0 Å². The Labute approximate surface area is 122 Å². The fraction of sp³-hybridized carbons (Fsp3) is 0.250. The first-order valence-corrected chi connectivity index (χ1v) is 7.31. The zero-order chi connectivity index (χ0) is 13.1. The van der Waals surface area contributed by atoms with Gasteiger partial charge in [-0.05, 0) is 49.1 Å². The van der Waals surface area contributed by atoms with Crippen molar-refractivity contribution >= 4 is 27.5 Å². The Bertz CT molecular complexity index is 531. The molecule has 1 atom stereocenters. The summed E-state index contributed by atoms with van der Waals surface area (Å²) < 4.78 is 0. The van der Waals surface area contributed by atoms with E-state index in [2.05, 4.69) is 60.1 Å². The van der Waals surface area contributed by atoms with E-state index in [1.54, 1.807) is 0 Å². The van der Waals surface area contributed by atoms with Gasteiger partial charge in [-0.2, -0.15) is 0 Å². The molecular formula is C16H16BrCl. The van der Waals surface area contributed by atoms with E-state index >= 15 is 0 Å². The zero-order valence-electron chi connectivity index (χ0n) is 10.6. The molecule has 0 aliphatic rings. The first-order valence-electron chi connectivity index (χ1n) is 6.02. The lowest BCUT2D eigenvalue weighted by Crippen LogP contribution is -1.98. The first kappa shape index (κ1) is 13.6. The van der Waals surface area contributed by atoms with E-state index in [4.69, 9.17) is 11.6 Å². The van der Waals surface area contributed by atoms with E-state index in [-0.39, 0.29) is 0 Å². The minimum atomic E-state index is 0.347. The number of aryl methyl sites for hydroxylation is 2. The van der Waals surface area contributed by atoms with Gasteiger partial charge in [0.2, 0.25) is 0 Å². The fourth-order valence-corrected chi connectivity index (χ4v) is 3.13. The SMILES string of the molecule is Cc1ccc(C(Br)Cc2ccc(Cl)cc2)c(C)c1. The largest absolute Gasteiger partial charge is 0.0843 e. The highest BCUT2D eigenvalue weighted by Crippen LogP contribution is 2.30. The first-order chi connectivity index (χ1) is 8.56. The van der Waals surface area contributed by atoms with Crippen molar-refractivity contribution < 1.29 is 0 Å². The number of alkyl halides is 1. The molecule has 2 aromatic carbocycles. The summed E-state index contributed by atoms with van der Waals surface area (Å²) in [5.41, 5.74) is 5.30. The van der Waals surface area contributed by atoms with Crippen LogP contribution in [0.1, 0.15) is 27.1 Å². The summed E-state index contributed by atoms with van der Waals surface area (Å²) in [6, 6.07) is 14.7. The number of hydrogen-bond acceptors (Lipinski definition) is 0. The molecule has 0 saturated heterocycles. The van der Waals surface area contributed by atoms with Gasteiger partial charge < -0.3 is 0 Å². The molecule has 2 heteroatoms. The van der Waals surface area contributed by atoms with Crippen LogP contribution in [0.4, 0.5) is 0 Å². The Morgan fingerprint density at radius 1 is 1.06 bits per heavy atom. The van der Waals surface area contributed by atoms with Crippen molar-refractivity contribution in [1.82, 2.24) is 0 Å². The molecule has 94 valence electrons. The third-order valence-electron chi connectivity index (χ3n) is 3.09. The van der Waals surface area contributed by atoms with Crippen LogP contribution in [0.2, 0.25) is 5.02 Å². The quantitative estimate of drug-likeness (QED) is 0.642. The van der Waals surface area contributed by atoms with Gasteiger partial charge >= 0.3 is 0 Å². The molecule has 0 radical (unpaired) electrons. The minimum absolute atomic E-state index is 0.347. The van der Waals surface area contributed by atoms with Crippen LogP contribution in [0.5, 0.6) is 0 Å². The molecule has 18 heavy (non-hydrogen) atoms. The van der Waals surface area contributed by atoms with E-state index in [0.29, 0.717) is 4.83 Å². The Morgan fingerprint density at radius 2 is 1.72 bits per heavy atom. The average Bonchev–Trinajstić information content (AvgIpc) is 2.32. The second-order valence-corrected chi connectivity index (χ2v) is 6.20. The van der Waals surface area contributed by atoms with Crippen LogP contribution in [0.3, 0.4) is 0 Å². The summed E-state index contributed by atoms with van der Waals surface area (Å²) in [4.78, 5) is 0.347. The average molecular weight is 324 g/mol. The zero-order valence-corrected chi connectivity index (χ0v) is 12.9. The summed E-state index contributed by atoms with van der Waals surface area (Å²) in [7, 11) is 0. The molecule has 0 aliphatic carbocycles. The van der Waals surface area contributed by atoms with E-state index in [0.717, 1.165) is 11.4 Å². The van der Waals surface area contributed by atoms with Crippen molar-refractivity contribution in [1.29, 1.82) is 0 Å². The number of rotatable bonds is 3. The van der Waals surface area contributed by atoms with Crippen LogP contribution in [0.15, 0.2) is 42.5 Å². The molecule has 0 saturated carbocycles. The highest BCUT2D eigenvalue weighted by atomic mass is 79.9. The molecule has 2 aromatic rings. The summed E-state index contributed by atoms with van der Waals surface area (Å²) in [6.45, 7) is 4.29. The maximum atomic E-state index is 5.90. The predicted molar refractivity (Wildman–Crippen MR) is 82.7 cm³/mol. The van der Waals surface area contributed by atoms with E-state index in [1.165, 1.54) is 22.3 Å².